The van der Waals surface area contributed by atoms with Crippen LogP contribution in [0.4, 0.5) is 4.39 Å². The molecule has 0 radical (unpaired) electrons. The Morgan fingerprint density at radius 2 is 2.27 bits per heavy atom. The Labute approximate surface area is 62.5 Å². The Morgan fingerprint density at radius 1 is 1.64 bits per heavy atom. The molecule has 1 rings (SSSR count). The fourth-order valence-electron chi connectivity index (χ4n) is 0.623. The molecule has 0 unspecified atom stereocenters. The van der Waals surface area contributed by atoms with E-state index in [0.29, 0.717) is 5.56 Å². The van der Waals surface area contributed by atoms with Gasteiger partial charge in [-0.15, -0.1) is 0 Å². The Bertz CT molecular complexity index is 298. The van der Waals surface area contributed by atoms with Crippen LogP contribution in [0.1, 0.15) is 16.1 Å². The molecule has 0 aromatic carbocycles. The Hall–Kier alpha value is -1.45. The van der Waals surface area contributed by atoms with Crippen molar-refractivity contribution in [1.29, 1.82) is 0 Å². The molecule has 4 heteroatoms. The van der Waals surface area contributed by atoms with Gasteiger partial charge in [0.05, 0.1) is 0 Å². The highest BCUT2D eigenvalue weighted by atomic mass is 19.1. The van der Waals surface area contributed by atoms with Crippen LogP contribution in [0.15, 0.2) is 12.1 Å². The Balaban J connectivity index is 3.15. The summed E-state index contributed by atoms with van der Waals surface area (Å²) in [4.78, 5) is 13.4. The van der Waals surface area contributed by atoms with Gasteiger partial charge in [0, 0.05) is 5.56 Å². The third-order valence-corrected chi connectivity index (χ3v) is 1.25. The zero-order valence-electron chi connectivity index (χ0n) is 5.84. The van der Waals surface area contributed by atoms with Crippen LogP contribution in [0.2, 0.25) is 0 Å². The van der Waals surface area contributed by atoms with Gasteiger partial charge in [-0.1, -0.05) is 6.07 Å². The summed E-state index contributed by atoms with van der Waals surface area (Å²) in [6, 6.07) is 2.65. The fraction of sp³-hybridized carbons (Fsp3) is 0.143. The highest BCUT2D eigenvalue weighted by Crippen LogP contribution is 2.03. The first-order valence-corrected chi connectivity index (χ1v) is 2.97. The van der Waals surface area contributed by atoms with Gasteiger partial charge in [-0.3, -0.25) is 0 Å². The van der Waals surface area contributed by atoms with Gasteiger partial charge in [0.15, 0.2) is 5.69 Å². The van der Waals surface area contributed by atoms with Crippen LogP contribution in [-0.2, 0) is 0 Å². The van der Waals surface area contributed by atoms with Crippen molar-refractivity contribution in [3.8, 4) is 0 Å². The molecule has 1 heterocycles. The number of rotatable bonds is 1. The van der Waals surface area contributed by atoms with Crippen molar-refractivity contribution < 1.29 is 14.3 Å². The molecule has 0 saturated carbocycles. The fourth-order valence-corrected chi connectivity index (χ4v) is 0.623. The lowest BCUT2D eigenvalue weighted by Crippen LogP contribution is -2.02. The minimum Gasteiger partial charge on any atom is -0.477 e. The minimum atomic E-state index is -1.22. The second-order valence-corrected chi connectivity index (χ2v) is 2.11. The predicted molar refractivity (Wildman–Crippen MR) is 35.9 cm³/mol. The van der Waals surface area contributed by atoms with Crippen LogP contribution in [0, 0.1) is 12.9 Å². The topological polar surface area (TPSA) is 50.2 Å². The molecule has 1 N–H and O–H groups in total. The summed E-state index contributed by atoms with van der Waals surface area (Å²) in [5.41, 5.74) is 0.0723. The first-order chi connectivity index (χ1) is 5.11. The van der Waals surface area contributed by atoms with E-state index in [4.69, 9.17) is 5.11 Å². The summed E-state index contributed by atoms with van der Waals surface area (Å²) >= 11 is 0. The number of pyridine rings is 1. The molecule has 1 aromatic rings. The van der Waals surface area contributed by atoms with E-state index in [-0.39, 0.29) is 5.69 Å². The van der Waals surface area contributed by atoms with Crippen molar-refractivity contribution in [2.24, 2.45) is 0 Å². The van der Waals surface area contributed by atoms with Gasteiger partial charge in [0.2, 0.25) is 5.95 Å². The predicted octanol–water partition coefficient (Wildman–Crippen LogP) is 1.23. The first kappa shape index (κ1) is 7.65. The van der Waals surface area contributed by atoms with Gasteiger partial charge in [-0.25, -0.2) is 9.78 Å². The van der Waals surface area contributed by atoms with Gasteiger partial charge >= 0.3 is 5.97 Å². The van der Waals surface area contributed by atoms with Crippen LogP contribution in [-0.4, -0.2) is 16.1 Å². The summed E-state index contributed by atoms with van der Waals surface area (Å²) in [6.07, 6.45) is 0. The maximum Gasteiger partial charge on any atom is 0.354 e. The van der Waals surface area contributed by atoms with E-state index in [1.165, 1.54) is 19.1 Å². The number of carboxylic acid groups (broad SMARTS) is 1. The SMILES string of the molecule is Cc1ccc(C(=O)O)nc1F. The molecule has 0 aliphatic rings. The van der Waals surface area contributed by atoms with E-state index >= 15 is 0 Å². The minimum absolute atomic E-state index is 0.270. The quantitative estimate of drug-likeness (QED) is 0.620. The molecule has 0 spiro atoms. The normalized spacial score (nSPS) is 9.64. The van der Waals surface area contributed by atoms with Crippen molar-refractivity contribution in [2.45, 2.75) is 6.92 Å². The molecule has 11 heavy (non-hydrogen) atoms. The number of aromatic nitrogens is 1. The van der Waals surface area contributed by atoms with Gasteiger partial charge in [-0.2, -0.15) is 4.39 Å². The molecule has 3 nitrogen and oxygen atoms in total. The molecule has 0 fully saturated rings. The molecule has 0 aliphatic heterocycles. The molecule has 1 aromatic heterocycles. The van der Waals surface area contributed by atoms with E-state index < -0.39 is 11.9 Å². The molecule has 0 bridgehead atoms. The van der Waals surface area contributed by atoms with Crippen LogP contribution in [0.5, 0.6) is 0 Å². The lowest BCUT2D eigenvalue weighted by Gasteiger charge is -1.95. The monoisotopic (exact) mass is 155 g/mol. The number of halogens is 1. The summed E-state index contributed by atoms with van der Waals surface area (Å²) in [5, 5.41) is 8.37. The van der Waals surface area contributed by atoms with E-state index in [9.17, 15) is 9.18 Å². The lowest BCUT2D eigenvalue weighted by atomic mass is 10.3. The van der Waals surface area contributed by atoms with E-state index in [2.05, 4.69) is 4.98 Å². The summed E-state index contributed by atoms with van der Waals surface area (Å²) < 4.78 is 12.6. The van der Waals surface area contributed by atoms with Crippen molar-refractivity contribution in [2.75, 3.05) is 0 Å². The second kappa shape index (κ2) is 2.65. The second-order valence-electron chi connectivity index (χ2n) is 2.11. The zero-order valence-corrected chi connectivity index (χ0v) is 5.84. The van der Waals surface area contributed by atoms with Gasteiger partial charge in [-0.05, 0) is 13.0 Å². The van der Waals surface area contributed by atoms with Crippen molar-refractivity contribution in [1.82, 2.24) is 4.98 Å². The molecule has 0 atom stereocenters. The number of aromatic carboxylic acids is 1. The number of hydrogen-bond acceptors (Lipinski definition) is 2. The standard InChI is InChI=1S/C7H6FNO2/c1-4-2-3-5(7(10)11)9-6(4)8/h2-3H,1H3,(H,10,11). The van der Waals surface area contributed by atoms with Crippen LogP contribution in [0.25, 0.3) is 0 Å². The smallest absolute Gasteiger partial charge is 0.354 e. The number of aryl methyl sites for hydroxylation is 1. The van der Waals surface area contributed by atoms with Gasteiger partial charge < -0.3 is 5.11 Å². The average Bonchev–Trinajstić information content (AvgIpc) is 1.94. The van der Waals surface area contributed by atoms with Gasteiger partial charge in [0.25, 0.3) is 0 Å². The first-order valence-electron chi connectivity index (χ1n) is 2.97. The number of carbonyl (C=O) groups is 1. The maximum atomic E-state index is 12.6. The average molecular weight is 155 g/mol. The molecule has 0 saturated heterocycles. The van der Waals surface area contributed by atoms with E-state index in [1.807, 2.05) is 0 Å². The van der Waals surface area contributed by atoms with Crippen molar-refractivity contribution >= 4 is 5.97 Å². The van der Waals surface area contributed by atoms with Gasteiger partial charge in [0.1, 0.15) is 0 Å². The highest BCUT2D eigenvalue weighted by Gasteiger charge is 2.06. The molecule has 0 amide bonds. The largest absolute Gasteiger partial charge is 0.477 e. The molecular weight excluding hydrogens is 149 g/mol. The third kappa shape index (κ3) is 1.52. The molecule has 58 valence electrons. The maximum absolute atomic E-state index is 12.6. The van der Waals surface area contributed by atoms with Crippen LogP contribution < -0.4 is 0 Å². The van der Waals surface area contributed by atoms with Crippen LogP contribution >= 0.6 is 0 Å². The summed E-state index contributed by atoms with van der Waals surface area (Å²) in [7, 11) is 0. The lowest BCUT2D eigenvalue weighted by molar-refractivity contribution is 0.0689. The van der Waals surface area contributed by atoms with Crippen LogP contribution in [0.3, 0.4) is 0 Å². The number of carboxylic acids is 1. The highest BCUT2D eigenvalue weighted by molar-refractivity contribution is 5.85. The van der Waals surface area contributed by atoms with E-state index in [1.54, 1.807) is 0 Å². The molecule has 0 aliphatic carbocycles. The van der Waals surface area contributed by atoms with Crippen molar-refractivity contribution in [3.63, 3.8) is 0 Å². The zero-order chi connectivity index (χ0) is 8.43. The number of hydrogen-bond donors (Lipinski definition) is 1. The molecular formula is C7H6FNO2. The van der Waals surface area contributed by atoms with Crippen molar-refractivity contribution in [3.05, 3.63) is 29.3 Å². The van der Waals surface area contributed by atoms with E-state index in [0.717, 1.165) is 0 Å². The third-order valence-electron chi connectivity index (χ3n) is 1.25. The Morgan fingerprint density at radius 3 is 2.73 bits per heavy atom. The summed E-state index contributed by atoms with van der Waals surface area (Å²) in [5.74, 6) is -1.95. The Kier molecular flexibility index (Phi) is 1.85. The summed E-state index contributed by atoms with van der Waals surface area (Å²) in [6.45, 7) is 1.52. The number of nitrogens with zero attached hydrogens (tertiary/aromatic N) is 1.